The lowest BCUT2D eigenvalue weighted by Gasteiger charge is -2.22. The molecule has 6 nitrogen and oxygen atoms in total. The van der Waals surface area contributed by atoms with Crippen LogP contribution in [-0.4, -0.2) is 26.8 Å². The molecule has 3 heterocycles. The molecule has 2 aromatic carbocycles. The second-order valence-electron chi connectivity index (χ2n) is 7.89. The van der Waals surface area contributed by atoms with Crippen LogP contribution in [0.3, 0.4) is 0 Å². The number of carbonyl (C=O) groups excluding carboxylic acids is 2. The minimum absolute atomic E-state index is 0.00493. The molecule has 8 heteroatoms. The Morgan fingerprint density at radius 2 is 1.88 bits per heavy atom. The molecule has 1 aliphatic rings. The first kappa shape index (κ1) is 21.3. The molecule has 1 aliphatic heterocycles. The number of hydrogen-bond donors (Lipinski definition) is 1. The number of aliphatic hydroxyl groups is 1. The van der Waals surface area contributed by atoms with Crippen LogP contribution in [0.15, 0.2) is 66.5 Å². The minimum Gasteiger partial charge on any atom is -0.507 e. The SMILES string of the molecule is Cc1ccc(/C(O)=C2\C(=O)C(=O)N(c3nc4cc(Cl)c(C)cc4s3)C2c2cccnc2)cc1. The van der Waals surface area contributed by atoms with Gasteiger partial charge in [-0.05, 0) is 43.2 Å². The highest BCUT2D eigenvalue weighted by atomic mass is 35.5. The Kier molecular flexibility index (Phi) is 5.23. The van der Waals surface area contributed by atoms with Crippen LogP contribution in [0.4, 0.5) is 5.13 Å². The van der Waals surface area contributed by atoms with Crippen LogP contribution in [-0.2, 0) is 9.59 Å². The van der Waals surface area contributed by atoms with Crippen molar-refractivity contribution in [2.24, 2.45) is 0 Å². The first-order chi connectivity index (χ1) is 15.8. The molecule has 0 bridgehead atoms. The van der Waals surface area contributed by atoms with Gasteiger partial charge >= 0.3 is 5.91 Å². The highest BCUT2D eigenvalue weighted by molar-refractivity contribution is 7.22. The molecule has 1 amide bonds. The molecule has 33 heavy (non-hydrogen) atoms. The topological polar surface area (TPSA) is 83.4 Å². The maximum absolute atomic E-state index is 13.3. The van der Waals surface area contributed by atoms with Crippen LogP contribution < -0.4 is 4.90 Å². The van der Waals surface area contributed by atoms with Crippen molar-refractivity contribution in [3.63, 3.8) is 0 Å². The molecule has 1 unspecified atom stereocenters. The van der Waals surface area contributed by atoms with Crippen molar-refractivity contribution in [2.75, 3.05) is 4.90 Å². The Bertz CT molecular complexity index is 1410. The van der Waals surface area contributed by atoms with Crippen molar-refractivity contribution in [3.8, 4) is 0 Å². The summed E-state index contributed by atoms with van der Waals surface area (Å²) in [4.78, 5) is 36.6. The van der Waals surface area contributed by atoms with Crippen molar-refractivity contribution >= 4 is 55.7 Å². The molecule has 0 radical (unpaired) electrons. The van der Waals surface area contributed by atoms with Gasteiger partial charge in [0.25, 0.3) is 5.78 Å². The number of halogens is 1. The number of thiazole rings is 1. The summed E-state index contributed by atoms with van der Waals surface area (Å²) in [5, 5.41) is 12.1. The van der Waals surface area contributed by atoms with Gasteiger partial charge in [-0.25, -0.2) is 4.98 Å². The summed E-state index contributed by atoms with van der Waals surface area (Å²) in [5.41, 5.74) is 3.60. The van der Waals surface area contributed by atoms with Crippen LogP contribution in [0, 0.1) is 13.8 Å². The summed E-state index contributed by atoms with van der Waals surface area (Å²) in [6.07, 6.45) is 3.19. The van der Waals surface area contributed by atoms with Gasteiger partial charge in [-0.15, -0.1) is 0 Å². The minimum atomic E-state index is -0.864. The molecule has 0 aliphatic carbocycles. The number of carbonyl (C=O) groups is 2. The number of aryl methyl sites for hydroxylation is 2. The Morgan fingerprint density at radius 3 is 2.58 bits per heavy atom. The Morgan fingerprint density at radius 1 is 1.12 bits per heavy atom. The number of hydrogen-bond acceptors (Lipinski definition) is 6. The number of amides is 1. The smallest absolute Gasteiger partial charge is 0.301 e. The van der Waals surface area contributed by atoms with Gasteiger partial charge in [0.05, 0.1) is 21.8 Å². The molecule has 0 saturated carbocycles. The monoisotopic (exact) mass is 475 g/mol. The lowest BCUT2D eigenvalue weighted by molar-refractivity contribution is -0.132. The average molecular weight is 476 g/mol. The van der Waals surface area contributed by atoms with E-state index in [1.54, 1.807) is 42.7 Å². The van der Waals surface area contributed by atoms with Gasteiger partial charge in [-0.1, -0.05) is 58.8 Å². The molecule has 1 atom stereocenters. The second kappa shape index (κ2) is 8.10. The maximum atomic E-state index is 13.3. The van der Waals surface area contributed by atoms with Gasteiger partial charge in [0.2, 0.25) is 0 Å². The van der Waals surface area contributed by atoms with Crippen LogP contribution in [0.25, 0.3) is 16.0 Å². The van der Waals surface area contributed by atoms with Gasteiger partial charge in [-0.2, -0.15) is 0 Å². The van der Waals surface area contributed by atoms with Crippen LogP contribution in [0.1, 0.15) is 28.3 Å². The molecule has 2 aromatic heterocycles. The van der Waals surface area contributed by atoms with Crippen molar-refractivity contribution in [2.45, 2.75) is 19.9 Å². The second-order valence-corrected chi connectivity index (χ2v) is 9.30. The number of Topliss-reactive ketones (excluding diaryl/α,β-unsaturated/α-hetero) is 1. The molecular weight excluding hydrogens is 458 g/mol. The molecule has 1 N–H and O–H groups in total. The summed E-state index contributed by atoms with van der Waals surface area (Å²) >= 11 is 7.55. The maximum Gasteiger partial charge on any atom is 0.301 e. The number of aliphatic hydroxyl groups excluding tert-OH is 1. The van der Waals surface area contributed by atoms with E-state index in [9.17, 15) is 14.7 Å². The fraction of sp³-hybridized carbons (Fsp3) is 0.120. The first-order valence-electron chi connectivity index (χ1n) is 10.2. The van der Waals surface area contributed by atoms with E-state index >= 15 is 0 Å². The zero-order chi connectivity index (χ0) is 23.3. The molecule has 0 spiro atoms. The van der Waals surface area contributed by atoms with Crippen molar-refractivity contribution in [1.82, 2.24) is 9.97 Å². The third kappa shape index (κ3) is 3.59. The van der Waals surface area contributed by atoms with Crippen LogP contribution in [0.2, 0.25) is 5.02 Å². The molecule has 4 aromatic rings. The predicted octanol–water partition coefficient (Wildman–Crippen LogP) is 5.59. The summed E-state index contributed by atoms with van der Waals surface area (Å²) in [5.74, 6) is -1.75. The van der Waals surface area contributed by atoms with Crippen molar-refractivity contribution in [3.05, 3.63) is 93.8 Å². The van der Waals surface area contributed by atoms with E-state index in [0.717, 1.165) is 15.8 Å². The van der Waals surface area contributed by atoms with Gasteiger partial charge < -0.3 is 5.11 Å². The molecule has 1 saturated heterocycles. The number of pyridine rings is 1. The number of nitrogens with zero attached hydrogens (tertiary/aromatic N) is 3. The normalized spacial score (nSPS) is 17.8. The largest absolute Gasteiger partial charge is 0.507 e. The number of fused-ring (bicyclic) bond motifs is 1. The zero-order valence-corrected chi connectivity index (χ0v) is 19.3. The zero-order valence-electron chi connectivity index (χ0n) is 17.7. The third-order valence-corrected chi connectivity index (χ3v) is 7.06. The van der Waals surface area contributed by atoms with Crippen LogP contribution >= 0.6 is 22.9 Å². The van der Waals surface area contributed by atoms with Crippen LogP contribution in [0.5, 0.6) is 0 Å². The Hall–Kier alpha value is -3.55. The lowest BCUT2D eigenvalue weighted by atomic mass is 9.96. The van der Waals surface area contributed by atoms with E-state index in [1.807, 2.05) is 32.0 Å². The summed E-state index contributed by atoms with van der Waals surface area (Å²) in [6, 6.07) is 13.4. The quantitative estimate of drug-likeness (QED) is 0.237. The highest BCUT2D eigenvalue weighted by Crippen LogP contribution is 2.44. The van der Waals surface area contributed by atoms with Crippen molar-refractivity contribution in [1.29, 1.82) is 0 Å². The standard InChI is InChI=1S/C25H18ClN3O3S/c1-13-5-7-15(8-6-13)22(30)20-21(16-4-3-9-27-12-16)29(24(32)23(20)31)25-28-18-11-17(26)14(2)10-19(18)33-25/h3-12,21,30H,1-2H3/b22-20+. The van der Waals surface area contributed by atoms with E-state index in [2.05, 4.69) is 9.97 Å². The van der Waals surface area contributed by atoms with E-state index in [4.69, 9.17) is 11.6 Å². The molecular formula is C25H18ClN3O3S. The van der Waals surface area contributed by atoms with Crippen molar-refractivity contribution < 1.29 is 14.7 Å². The van der Waals surface area contributed by atoms with Gasteiger partial charge in [0.1, 0.15) is 5.76 Å². The Balaban J connectivity index is 1.72. The van der Waals surface area contributed by atoms with E-state index < -0.39 is 17.7 Å². The summed E-state index contributed by atoms with van der Waals surface area (Å²) < 4.78 is 0.845. The molecule has 1 fully saturated rings. The number of aromatic nitrogens is 2. The average Bonchev–Trinajstić information content (AvgIpc) is 3.32. The molecule has 5 rings (SSSR count). The number of anilines is 1. The highest BCUT2D eigenvalue weighted by Gasteiger charge is 2.48. The Labute approximate surface area is 198 Å². The van der Waals surface area contributed by atoms with Gasteiger partial charge in [-0.3, -0.25) is 19.5 Å². The number of rotatable bonds is 3. The third-order valence-electron chi connectivity index (χ3n) is 5.63. The predicted molar refractivity (Wildman–Crippen MR) is 130 cm³/mol. The van der Waals surface area contributed by atoms with E-state index in [0.29, 0.717) is 26.8 Å². The van der Waals surface area contributed by atoms with Gasteiger partial charge in [0.15, 0.2) is 5.13 Å². The first-order valence-corrected chi connectivity index (χ1v) is 11.4. The van der Waals surface area contributed by atoms with Gasteiger partial charge in [0, 0.05) is 23.0 Å². The summed E-state index contributed by atoms with van der Waals surface area (Å²) in [7, 11) is 0. The number of ketones is 1. The van der Waals surface area contributed by atoms with E-state index in [1.165, 1.54) is 16.2 Å². The lowest BCUT2D eigenvalue weighted by Crippen LogP contribution is -2.29. The van der Waals surface area contributed by atoms with E-state index in [-0.39, 0.29) is 11.3 Å². The molecule has 164 valence electrons. The fourth-order valence-corrected chi connectivity index (χ4v) is 5.12. The summed E-state index contributed by atoms with van der Waals surface area (Å²) in [6.45, 7) is 3.82. The number of benzene rings is 2. The fourth-order valence-electron chi connectivity index (χ4n) is 3.89.